The average Bonchev–Trinajstić information content (AvgIpc) is 2.43. The first-order valence-corrected chi connectivity index (χ1v) is 5.64. The summed E-state index contributed by atoms with van der Waals surface area (Å²) in [5.41, 5.74) is -0.0456. The van der Waals surface area contributed by atoms with Gasteiger partial charge >= 0.3 is 0 Å². The molecule has 0 aliphatic rings. The zero-order valence-electron chi connectivity index (χ0n) is 10.5. The van der Waals surface area contributed by atoms with Gasteiger partial charge in [-0.05, 0) is 30.7 Å². The van der Waals surface area contributed by atoms with E-state index in [1.165, 1.54) is 18.2 Å². The predicted octanol–water partition coefficient (Wildman–Crippen LogP) is 3.71. The minimum absolute atomic E-state index is 0.0241. The Balaban J connectivity index is 2.40. The van der Waals surface area contributed by atoms with Crippen LogP contribution in [0.3, 0.4) is 0 Å². The first-order chi connectivity index (χ1) is 9.52. The molecule has 0 aromatic heterocycles. The number of nitriles is 1. The zero-order valence-corrected chi connectivity index (χ0v) is 10.5. The summed E-state index contributed by atoms with van der Waals surface area (Å²) in [5.74, 6) is -0.455. The Labute approximate surface area is 114 Å². The topological polar surface area (TPSA) is 76.2 Å². The van der Waals surface area contributed by atoms with E-state index in [1.54, 1.807) is 25.1 Å². The molecule has 2 aromatic carbocycles. The standard InChI is InChI=1S/C14H9FN2O3/c1-9-3-2-4-13(14(9)15)20-11-6-5-10(8-16)12(7-11)17(18)19/h2-7H,1H3. The summed E-state index contributed by atoms with van der Waals surface area (Å²) in [4.78, 5) is 10.1. The Bertz CT molecular complexity index is 723. The van der Waals surface area contributed by atoms with Crippen molar-refractivity contribution in [2.24, 2.45) is 0 Å². The smallest absolute Gasteiger partial charge is 0.290 e. The van der Waals surface area contributed by atoms with Crippen molar-refractivity contribution in [3.63, 3.8) is 0 Å². The van der Waals surface area contributed by atoms with Crippen LogP contribution in [0.25, 0.3) is 0 Å². The van der Waals surface area contributed by atoms with Gasteiger partial charge in [0.25, 0.3) is 5.69 Å². The van der Waals surface area contributed by atoms with E-state index in [0.717, 1.165) is 6.07 Å². The Morgan fingerprint density at radius 1 is 1.35 bits per heavy atom. The van der Waals surface area contributed by atoms with Crippen molar-refractivity contribution in [3.05, 3.63) is 63.5 Å². The second kappa shape index (κ2) is 5.36. The molecule has 100 valence electrons. The van der Waals surface area contributed by atoms with Gasteiger partial charge in [-0.15, -0.1) is 0 Å². The highest BCUT2D eigenvalue weighted by atomic mass is 19.1. The molecule has 2 aromatic rings. The molecule has 20 heavy (non-hydrogen) atoms. The first-order valence-electron chi connectivity index (χ1n) is 5.64. The summed E-state index contributed by atoms with van der Waals surface area (Å²) in [6, 6.07) is 10.1. The number of ether oxygens (including phenoxy) is 1. The molecule has 0 N–H and O–H groups in total. The van der Waals surface area contributed by atoms with E-state index in [2.05, 4.69) is 0 Å². The van der Waals surface area contributed by atoms with E-state index in [9.17, 15) is 14.5 Å². The lowest BCUT2D eigenvalue weighted by molar-refractivity contribution is -0.385. The van der Waals surface area contributed by atoms with Crippen LogP contribution in [0.1, 0.15) is 11.1 Å². The second-order valence-corrected chi connectivity index (χ2v) is 4.04. The van der Waals surface area contributed by atoms with Gasteiger partial charge in [0.2, 0.25) is 0 Å². The molecule has 0 radical (unpaired) electrons. The molecule has 2 rings (SSSR count). The fourth-order valence-electron chi connectivity index (χ4n) is 1.65. The molecule has 0 amide bonds. The monoisotopic (exact) mass is 272 g/mol. The van der Waals surface area contributed by atoms with Crippen LogP contribution < -0.4 is 4.74 Å². The summed E-state index contributed by atoms with van der Waals surface area (Å²) in [6.45, 7) is 1.59. The van der Waals surface area contributed by atoms with Crippen LogP contribution in [0.2, 0.25) is 0 Å². The highest BCUT2D eigenvalue weighted by Gasteiger charge is 2.16. The molecule has 0 aliphatic carbocycles. The third-order valence-electron chi connectivity index (χ3n) is 2.67. The van der Waals surface area contributed by atoms with Gasteiger partial charge in [-0.2, -0.15) is 5.26 Å². The summed E-state index contributed by atoms with van der Waals surface area (Å²) in [6.07, 6.45) is 0. The number of rotatable bonds is 3. The van der Waals surface area contributed by atoms with Gasteiger partial charge in [0.05, 0.1) is 11.0 Å². The second-order valence-electron chi connectivity index (χ2n) is 4.04. The number of nitro groups is 1. The molecule has 0 saturated heterocycles. The average molecular weight is 272 g/mol. The Kier molecular flexibility index (Phi) is 3.62. The molecule has 0 aliphatic heterocycles. The number of halogens is 1. The van der Waals surface area contributed by atoms with Crippen molar-refractivity contribution in [3.8, 4) is 17.6 Å². The minimum Gasteiger partial charge on any atom is -0.454 e. The molecule has 0 bridgehead atoms. The molecule has 0 heterocycles. The molecule has 5 nitrogen and oxygen atoms in total. The van der Waals surface area contributed by atoms with E-state index in [-0.39, 0.29) is 22.7 Å². The van der Waals surface area contributed by atoms with E-state index in [4.69, 9.17) is 10.00 Å². The fraction of sp³-hybridized carbons (Fsp3) is 0.0714. The summed E-state index contributed by atoms with van der Waals surface area (Å²) < 4.78 is 19.1. The maximum absolute atomic E-state index is 13.8. The molecular weight excluding hydrogens is 263 g/mol. The Hall–Kier alpha value is -2.94. The van der Waals surface area contributed by atoms with Crippen LogP contribution in [0, 0.1) is 34.2 Å². The summed E-state index contributed by atoms with van der Waals surface area (Å²) in [5, 5.41) is 19.6. The molecular formula is C14H9FN2O3. The molecule has 6 heteroatoms. The molecule has 0 fully saturated rings. The van der Waals surface area contributed by atoms with Gasteiger partial charge in [-0.1, -0.05) is 12.1 Å². The van der Waals surface area contributed by atoms with Gasteiger partial charge in [0, 0.05) is 0 Å². The predicted molar refractivity (Wildman–Crippen MR) is 69.0 cm³/mol. The van der Waals surface area contributed by atoms with Gasteiger partial charge < -0.3 is 4.74 Å². The van der Waals surface area contributed by atoms with Crippen molar-refractivity contribution >= 4 is 5.69 Å². The quantitative estimate of drug-likeness (QED) is 0.630. The maximum atomic E-state index is 13.8. The number of hydrogen-bond acceptors (Lipinski definition) is 4. The lowest BCUT2D eigenvalue weighted by atomic mass is 10.2. The van der Waals surface area contributed by atoms with Crippen LogP contribution in [0.4, 0.5) is 10.1 Å². The fourth-order valence-corrected chi connectivity index (χ4v) is 1.65. The number of benzene rings is 2. The SMILES string of the molecule is Cc1cccc(Oc2ccc(C#N)c([N+](=O)[O-])c2)c1F. The van der Waals surface area contributed by atoms with E-state index in [0.29, 0.717) is 5.56 Å². The number of hydrogen-bond donors (Lipinski definition) is 0. The van der Waals surface area contributed by atoms with Crippen molar-refractivity contribution in [2.75, 3.05) is 0 Å². The molecule has 0 saturated carbocycles. The van der Waals surface area contributed by atoms with Crippen LogP contribution in [-0.4, -0.2) is 4.92 Å². The largest absolute Gasteiger partial charge is 0.454 e. The molecule has 0 unspecified atom stereocenters. The van der Waals surface area contributed by atoms with Crippen LogP contribution in [0.5, 0.6) is 11.5 Å². The Morgan fingerprint density at radius 3 is 2.75 bits per heavy atom. The van der Waals surface area contributed by atoms with Crippen LogP contribution in [-0.2, 0) is 0 Å². The van der Waals surface area contributed by atoms with Crippen molar-refractivity contribution < 1.29 is 14.1 Å². The summed E-state index contributed by atoms with van der Waals surface area (Å²) in [7, 11) is 0. The number of nitro benzene ring substituents is 1. The first kappa shape index (κ1) is 13.5. The van der Waals surface area contributed by atoms with Gasteiger partial charge in [0.1, 0.15) is 17.4 Å². The highest BCUT2D eigenvalue weighted by Crippen LogP contribution is 2.30. The van der Waals surface area contributed by atoms with E-state index < -0.39 is 10.7 Å². The van der Waals surface area contributed by atoms with Crippen molar-refractivity contribution in [1.82, 2.24) is 0 Å². The number of nitrogens with zero attached hydrogens (tertiary/aromatic N) is 2. The Morgan fingerprint density at radius 2 is 2.10 bits per heavy atom. The van der Waals surface area contributed by atoms with Crippen LogP contribution >= 0.6 is 0 Å². The van der Waals surface area contributed by atoms with Gasteiger partial charge in [-0.25, -0.2) is 4.39 Å². The third-order valence-corrected chi connectivity index (χ3v) is 2.67. The summed E-state index contributed by atoms with van der Waals surface area (Å²) >= 11 is 0. The van der Waals surface area contributed by atoms with E-state index in [1.807, 2.05) is 0 Å². The normalized spacial score (nSPS) is 9.85. The molecule has 0 spiro atoms. The van der Waals surface area contributed by atoms with Gasteiger partial charge in [-0.3, -0.25) is 10.1 Å². The third kappa shape index (κ3) is 2.57. The highest BCUT2D eigenvalue weighted by molar-refractivity contribution is 5.53. The lowest BCUT2D eigenvalue weighted by Gasteiger charge is -2.08. The number of aryl methyl sites for hydroxylation is 1. The van der Waals surface area contributed by atoms with Crippen LogP contribution in [0.15, 0.2) is 36.4 Å². The minimum atomic E-state index is -0.683. The zero-order chi connectivity index (χ0) is 14.7. The van der Waals surface area contributed by atoms with Crippen molar-refractivity contribution in [1.29, 1.82) is 5.26 Å². The molecule has 0 atom stereocenters. The van der Waals surface area contributed by atoms with Crippen molar-refractivity contribution in [2.45, 2.75) is 6.92 Å². The van der Waals surface area contributed by atoms with E-state index >= 15 is 0 Å². The maximum Gasteiger partial charge on any atom is 0.290 e. The lowest BCUT2D eigenvalue weighted by Crippen LogP contribution is -1.95. The van der Waals surface area contributed by atoms with Gasteiger partial charge in [0.15, 0.2) is 11.6 Å².